The van der Waals surface area contributed by atoms with Crippen molar-refractivity contribution in [2.24, 2.45) is 0 Å². The Morgan fingerprint density at radius 3 is 2.61 bits per heavy atom. The van der Waals surface area contributed by atoms with Crippen LogP contribution in [0.2, 0.25) is 5.02 Å². The van der Waals surface area contributed by atoms with Crippen molar-refractivity contribution in [3.63, 3.8) is 0 Å². The summed E-state index contributed by atoms with van der Waals surface area (Å²) in [5.41, 5.74) is 2.58. The molecule has 1 aromatic heterocycles. The molecule has 2 aromatic rings. The van der Waals surface area contributed by atoms with Crippen LogP contribution >= 0.6 is 27.5 Å². The highest BCUT2D eigenvalue weighted by Gasteiger charge is 2.12. The fourth-order valence-electron chi connectivity index (χ4n) is 1.97. The SMILES string of the molecule is CCn1cc(CC(CBr)c2ccc(Cl)cc2)cn1. The highest BCUT2D eigenvalue weighted by atomic mass is 79.9. The van der Waals surface area contributed by atoms with Gasteiger partial charge in [0.15, 0.2) is 0 Å². The number of halogens is 2. The second-order valence-electron chi connectivity index (χ2n) is 4.31. The van der Waals surface area contributed by atoms with Crippen molar-refractivity contribution < 1.29 is 0 Å². The number of rotatable bonds is 5. The predicted octanol–water partition coefficient (Wildman–Crippen LogP) is 4.28. The van der Waals surface area contributed by atoms with Crippen molar-refractivity contribution in [2.75, 3.05) is 5.33 Å². The first-order chi connectivity index (χ1) is 8.72. The fourth-order valence-corrected chi connectivity index (χ4v) is 2.69. The van der Waals surface area contributed by atoms with Crippen molar-refractivity contribution in [3.05, 3.63) is 52.8 Å². The molecule has 4 heteroatoms. The maximum Gasteiger partial charge on any atom is 0.0521 e. The van der Waals surface area contributed by atoms with Gasteiger partial charge in [0.1, 0.15) is 0 Å². The molecule has 0 aliphatic rings. The maximum atomic E-state index is 5.92. The smallest absolute Gasteiger partial charge is 0.0521 e. The molecule has 1 aromatic carbocycles. The second-order valence-corrected chi connectivity index (χ2v) is 5.40. The van der Waals surface area contributed by atoms with Crippen molar-refractivity contribution in [1.29, 1.82) is 0 Å². The first kappa shape index (κ1) is 13.6. The Morgan fingerprint density at radius 2 is 2.06 bits per heavy atom. The third kappa shape index (κ3) is 3.36. The number of aryl methyl sites for hydroxylation is 1. The molecule has 0 spiro atoms. The number of benzene rings is 1. The minimum Gasteiger partial charge on any atom is -0.273 e. The van der Waals surface area contributed by atoms with Crippen LogP contribution < -0.4 is 0 Å². The molecule has 0 amide bonds. The summed E-state index contributed by atoms with van der Waals surface area (Å²) in [6.45, 7) is 3.01. The van der Waals surface area contributed by atoms with E-state index in [0.29, 0.717) is 5.92 Å². The van der Waals surface area contributed by atoms with Crippen LogP contribution in [0.5, 0.6) is 0 Å². The fraction of sp³-hybridized carbons (Fsp3) is 0.357. The Labute approximate surface area is 121 Å². The van der Waals surface area contributed by atoms with Gasteiger partial charge in [-0.2, -0.15) is 5.10 Å². The quantitative estimate of drug-likeness (QED) is 0.750. The maximum absolute atomic E-state index is 5.92. The first-order valence-electron chi connectivity index (χ1n) is 6.05. The van der Waals surface area contributed by atoms with Crippen molar-refractivity contribution in [3.8, 4) is 0 Å². The van der Waals surface area contributed by atoms with E-state index in [9.17, 15) is 0 Å². The summed E-state index contributed by atoms with van der Waals surface area (Å²) in [6, 6.07) is 8.08. The van der Waals surface area contributed by atoms with Crippen LogP contribution in [0.1, 0.15) is 24.0 Å². The average molecular weight is 328 g/mol. The van der Waals surface area contributed by atoms with Gasteiger partial charge in [-0.15, -0.1) is 0 Å². The van der Waals surface area contributed by atoms with Crippen molar-refractivity contribution in [1.82, 2.24) is 9.78 Å². The Kier molecular flexibility index (Phi) is 4.84. The first-order valence-corrected chi connectivity index (χ1v) is 7.55. The normalized spacial score (nSPS) is 12.6. The lowest BCUT2D eigenvalue weighted by Crippen LogP contribution is -2.04. The van der Waals surface area contributed by atoms with Gasteiger partial charge in [-0.1, -0.05) is 39.7 Å². The van der Waals surface area contributed by atoms with E-state index in [-0.39, 0.29) is 0 Å². The van der Waals surface area contributed by atoms with Crippen LogP contribution in [0, 0.1) is 0 Å². The van der Waals surface area contributed by atoms with E-state index in [0.717, 1.165) is 23.3 Å². The molecule has 1 atom stereocenters. The predicted molar refractivity (Wildman–Crippen MR) is 79.6 cm³/mol. The summed E-state index contributed by atoms with van der Waals surface area (Å²) in [6.07, 6.45) is 5.06. The summed E-state index contributed by atoms with van der Waals surface area (Å²) in [4.78, 5) is 0. The highest BCUT2D eigenvalue weighted by molar-refractivity contribution is 9.09. The molecule has 0 radical (unpaired) electrons. The number of nitrogens with zero attached hydrogens (tertiary/aromatic N) is 2. The van der Waals surface area contributed by atoms with Gasteiger partial charge in [-0.3, -0.25) is 4.68 Å². The Hall–Kier alpha value is -0.800. The van der Waals surface area contributed by atoms with Gasteiger partial charge in [0.2, 0.25) is 0 Å². The lowest BCUT2D eigenvalue weighted by Gasteiger charge is -2.13. The molecule has 1 unspecified atom stereocenters. The molecule has 2 nitrogen and oxygen atoms in total. The van der Waals surface area contributed by atoms with Crippen LogP contribution in [-0.2, 0) is 13.0 Å². The number of aromatic nitrogens is 2. The zero-order valence-corrected chi connectivity index (χ0v) is 12.7. The molecular formula is C14H16BrClN2. The lowest BCUT2D eigenvalue weighted by atomic mass is 9.95. The summed E-state index contributed by atoms with van der Waals surface area (Å²) < 4.78 is 1.96. The topological polar surface area (TPSA) is 17.8 Å². The molecule has 0 N–H and O–H groups in total. The van der Waals surface area contributed by atoms with Crippen LogP contribution in [0.4, 0.5) is 0 Å². The van der Waals surface area contributed by atoms with Gasteiger partial charge < -0.3 is 0 Å². The van der Waals surface area contributed by atoms with Crippen LogP contribution in [0.3, 0.4) is 0 Å². The van der Waals surface area contributed by atoms with Crippen molar-refractivity contribution >= 4 is 27.5 Å². The van der Waals surface area contributed by atoms with Crippen LogP contribution in [-0.4, -0.2) is 15.1 Å². The van der Waals surface area contributed by atoms with Gasteiger partial charge >= 0.3 is 0 Å². The Bertz CT molecular complexity index is 493. The molecule has 0 aliphatic heterocycles. The van der Waals surface area contributed by atoms with Crippen LogP contribution in [0.25, 0.3) is 0 Å². The van der Waals surface area contributed by atoms with Crippen molar-refractivity contribution in [2.45, 2.75) is 25.8 Å². The summed E-state index contributed by atoms with van der Waals surface area (Å²) in [5, 5.41) is 6.03. The summed E-state index contributed by atoms with van der Waals surface area (Å²) in [7, 11) is 0. The Balaban J connectivity index is 2.11. The average Bonchev–Trinajstić information content (AvgIpc) is 2.85. The molecule has 1 heterocycles. The molecule has 96 valence electrons. The molecule has 0 fully saturated rings. The number of hydrogen-bond acceptors (Lipinski definition) is 1. The van der Waals surface area contributed by atoms with Crippen LogP contribution in [0.15, 0.2) is 36.7 Å². The number of hydrogen-bond donors (Lipinski definition) is 0. The molecule has 18 heavy (non-hydrogen) atoms. The standard InChI is InChI=1S/C14H16BrClN2/c1-2-18-10-11(9-17-18)7-13(8-15)12-3-5-14(16)6-4-12/h3-6,9-10,13H,2,7-8H2,1H3. The van der Waals surface area contributed by atoms with E-state index in [1.165, 1.54) is 11.1 Å². The minimum atomic E-state index is 0.455. The largest absolute Gasteiger partial charge is 0.273 e. The van der Waals surface area contributed by atoms with Gasteiger partial charge in [-0.05, 0) is 42.5 Å². The zero-order valence-electron chi connectivity index (χ0n) is 10.3. The lowest BCUT2D eigenvalue weighted by molar-refractivity contribution is 0.658. The molecule has 0 saturated heterocycles. The van der Waals surface area contributed by atoms with Gasteiger partial charge in [0.05, 0.1) is 6.20 Å². The summed E-state index contributed by atoms with van der Waals surface area (Å²) in [5.74, 6) is 0.455. The third-order valence-electron chi connectivity index (χ3n) is 3.02. The molecular weight excluding hydrogens is 312 g/mol. The van der Waals surface area contributed by atoms with E-state index in [2.05, 4.69) is 46.3 Å². The molecule has 2 rings (SSSR count). The highest BCUT2D eigenvalue weighted by Crippen LogP contribution is 2.24. The van der Waals surface area contributed by atoms with Gasteiger partial charge in [0.25, 0.3) is 0 Å². The second kappa shape index (κ2) is 6.39. The minimum absolute atomic E-state index is 0.455. The third-order valence-corrected chi connectivity index (χ3v) is 4.05. The monoisotopic (exact) mass is 326 g/mol. The molecule has 0 bridgehead atoms. The van der Waals surface area contributed by atoms with E-state index in [1.54, 1.807) is 0 Å². The van der Waals surface area contributed by atoms with Gasteiger partial charge in [0, 0.05) is 23.1 Å². The summed E-state index contributed by atoms with van der Waals surface area (Å²) >= 11 is 9.51. The Morgan fingerprint density at radius 1 is 1.33 bits per heavy atom. The van der Waals surface area contributed by atoms with E-state index >= 15 is 0 Å². The number of alkyl halides is 1. The van der Waals surface area contributed by atoms with E-state index < -0.39 is 0 Å². The van der Waals surface area contributed by atoms with E-state index in [4.69, 9.17) is 11.6 Å². The molecule has 0 aliphatic carbocycles. The molecule has 0 saturated carbocycles. The van der Waals surface area contributed by atoms with E-state index in [1.807, 2.05) is 23.0 Å². The zero-order chi connectivity index (χ0) is 13.0. The van der Waals surface area contributed by atoms with Gasteiger partial charge in [-0.25, -0.2) is 0 Å².